The van der Waals surface area contributed by atoms with Crippen molar-refractivity contribution < 1.29 is 4.79 Å². The van der Waals surface area contributed by atoms with E-state index in [1.54, 1.807) is 41.1 Å². The Bertz CT molecular complexity index is 1560. The lowest BCUT2D eigenvalue weighted by atomic mass is 10.1. The second kappa shape index (κ2) is 8.40. The van der Waals surface area contributed by atoms with Crippen molar-refractivity contribution in [2.24, 2.45) is 10.9 Å². The summed E-state index contributed by atoms with van der Waals surface area (Å²) in [5.74, 6) is -0.434. The highest BCUT2D eigenvalue weighted by atomic mass is 35.5. The van der Waals surface area contributed by atoms with Crippen LogP contribution in [0, 0.1) is 24.2 Å². The number of pyridine rings is 2. The SMILES string of the molecule is Cc1cccn2c(=O)c3cc(C#N)c(=NC(=O)c4ccccc4Cl)n(CC(C)C)c3nc12. The number of carbonyl (C=O) groups excluding carboxylic acids is 1. The summed E-state index contributed by atoms with van der Waals surface area (Å²) in [6, 6.07) is 13.8. The first kappa shape index (κ1) is 21.5. The number of halogens is 1. The maximum absolute atomic E-state index is 13.2. The van der Waals surface area contributed by atoms with Crippen LogP contribution in [-0.4, -0.2) is 19.9 Å². The number of amides is 1. The van der Waals surface area contributed by atoms with Crippen molar-refractivity contribution in [2.45, 2.75) is 27.3 Å². The summed E-state index contributed by atoms with van der Waals surface area (Å²) in [5.41, 5.74) is 1.94. The van der Waals surface area contributed by atoms with Crippen LogP contribution in [0.15, 0.2) is 58.4 Å². The lowest BCUT2D eigenvalue weighted by molar-refractivity contribution is 0.0997. The average molecular weight is 446 g/mol. The number of hydrogen-bond acceptors (Lipinski definition) is 4. The van der Waals surface area contributed by atoms with Crippen molar-refractivity contribution in [1.29, 1.82) is 5.26 Å². The highest BCUT2D eigenvalue weighted by Crippen LogP contribution is 2.17. The van der Waals surface area contributed by atoms with Gasteiger partial charge in [-0.05, 0) is 42.7 Å². The molecule has 32 heavy (non-hydrogen) atoms. The first-order chi connectivity index (χ1) is 15.3. The Hall–Kier alpha value is -3.76. The molecule has 8 heteroatoms. The van der Waals surface area contributed by atoms with E-state index in [1.807, 2.05) is 26.8 Å². The van der Waals surface area contributed by atoms with Crippen LogP contribution in [-0.2, 0) is 6.54 Å². The molecule has 1 aromatic carbocycles. The van der Waals surface area contributed by atoms with Crippen LogP contribution in [0.5, 0.6) is 0 Å². The van der Waals surface area contributed by atoms with Crippen LogP contribution in [0.3, 0.4) is 0 Å². The molecular weight excluding hydrogens is 426 g/mol. The van der Waals surface area contributed by atoms with Crippen LogP contribution >= 0.6 is 11.6 Å². The summed E-state index contributed by atoms with van der Waals surface area (Å²) >= 11 is 6.17. The molecule has 7 nitrogen and oxygen atoms in total. The molecule has 0 fully saturated rings. The monoisotopic (exact) mass is 445 g/mol. The minimum atomic E-state index is -0.572. The number of nitrogens with zero attached hydrogens (tertiary/aromatic N) is 5. The molecule has 0 atom stereocenters. The second-order valence-electron chi connectivity index (χ2n) is 7.93. The van der Waals surface area contributed by atoms with Gasteiger partial charge in [-0.1, -0.05) is 43.6 Å². The second-order valence-corrected chi connectivity index (χ2v) is 8.34. The van der Waals surface area contributed by atoms with E-state index >= 15 is 0 Å². The normalized spacial score (nSPS) is 11.9. The fourth-order valence-electron chi connectivity index (χ4n) is 3.62. The van der Waals surface area contributed by atoms with Gasteiger partial charge < -0.3 is 4.57 Å². The summed E-state index contributed by atoms with van der Waals surface area (Å²) < 4.78 is 3.14. The van der Waals surface area contributed by atoms with Crippen LogP contribution in [0.25, 0.3) is 16.7 Å². The largest absolute Gasteiger partial charge is 0.309 e. The van der Waals surface area contributed by atoms with E-state index in [1.165, 1.54) is 10.5 Å². The number of aryl methyl sites for hydroxylation is 1. The van der Waals surface area contributed by atoms with Gasteiger partial charge in [-0.2, -0.15) is 10.3 Å². The van der Waals surface area contributed by atoms with Gasteiger partial charge in [0.25, 0.3) is 11.5 Å². The molecular formula is C24H20ClN5O2. The molecule has 3 heterocycles. The zero-order valence-electron chi connectivity index (χ0n) is 17.8. The van der Waals surface area contributed by atoms with Gasteiger partial charge in [0.2, 0.25) is 0 Å². The summed E-state index contributed by atoms with van der Waals surface area (Å²) in [5, 5.41) is 10.4. The van der Waals surface area contributed by atoms with Gasteiger partial charge in [0.15, 0.2) is 5.49 Å². The Morgan fingerprint density at radius 3 is 2.66 bits per heavy atom. The molecule has 1 amide bonds. The first-order valence-corrected chi connectivity index (χ1v) is 10.5. The highest BCUT2D eigenvalue weighted by molar-refractivity contribution is 6.33. The third kappa shape index (κ3) is 3.70. The van der Waals surface area contributed by atoms with Crippen molar-refractivity contribution in [3.63, 3.8) is 0 Å². The van der Waals surface area contributed by atoms with E-state index in [-0.39, 0.29) is 38.5 Å². The van der Waals surface area contributed by atoms with Crippen molar-refractivity contribution in [3.05, 3.63) is 86.2 Å². The number of benzene rings is 1. The summed E-state index contributed by atoms with van der Waals surface area (Å²) in [6.07, 6.45) is 1.65. The van der Waals surface area contributed by atoms with Crippen molar-refractivity contribution >= 4 is 34.2 Å². The summed E-state index contributed by atoms with van der Waals surface area (Å²) in [4.78, 5) is 35.2. The third-order valence-electron chi connectivity index (χ3n) is 5.08. The smallest absolute Gasteiger partial charge is 0.280 e. The maximum atomic E-state index is 13.2. The number of rotatable bonds is 3. The van der Waals surface area contributed by atoms with Crippen molar-refractivity contribution in [1.82, 2.24) is 14.0 Å². The number of nitriles is 1. The van der Waals surface area contributed by atoms with Gasteiger partial charge in [0, 0.05) is 12.7 Å². The fourth-order valence-corrected chi connectivity index (χ4v) is 3.84. The van der Waals surface area contributed by atoms with Crippen LogP contribution in [0.4, 0.5) is 0 Å². The van der Waals surface area contributed by atoms with Crippen LogP contribution in [0.2, 0.25) is 5.02 Å². The van der Waals surface area contributed by atoms with E-state index in [0.29, 0.717) is 17.8 Å². The molecule has 3 aromatic heterocycles. The molecule has 4 aromatic rings. The van der Waals surface area contributed by atoms with E-state index in [9.17, 15) is 14.9 Å². The minimum absolute atomic E-state index is 0.116. The molecule has 0 N–H and O–H groups in total. The van der Waals surface area contributed by atoms with E-state index in [2.05, 4.69) is 11.1 Å². The molecule has 0 aliphatic heterocycles. The van der Waals surface area contributed by atoms with E-state index in [4.69, 9.17) is 16.6 Å². The summed E-state index contributed by atoms with van der Waals surface area (Å²) in [7, 11) is 0. The molecule has 4 rings (SSSR count). The number of fused-ring (bicyclic) bond motifs is 2. The van der Waals surface area contributed by atoms with Crippen LogP contribution in [0.1, 0.15) is 35.3 Å². The van der Waals surface area contributed by atoms with E-state index < -0.39 is 5.91 Å². The molecule has 0 saturated carbocycles. The Morgan fingerprint density at radius 1 is 1.22 bits per heavy atom. The van der Waals surface area contributed by atoms with Gasteiger partial charge in [0.05, 0.1) is 21.5 Å². The predicted octanol–water partition coefficient (Wildman–Crippen LogP) is 3.88. The molecule has 0 aliphatic carbocycles. The third-order valence-corrected chi connectivity index (χ3v) is 5.41. The molecule has 0 unspecified atom stereocenters. The van der Waals surface area contributed by atoms with Crippen LogP contribution < -0.4 is 11.0 Å². The van der Waals surface area contributed by atoms with E-state index in [0.717, 1.165) is 5.56 Å². The topological polar surface area (TPSA) is 92.5 Å². The standard InChI is InChI=1S/C24H20ClN5O2/c1-14(2)13-30-21(28-23(31)17-8-4-5-9-19(17)25)16(12-26)11-18-22(30)27-20-15(3)7-6-10-29(20)24(18)32/h4-11,14H,13H2,1-3H3. The summed E-state index contributed by atoms with van der Waals surface area (Å²) in [6.45, 7) is 6.28. The van der Waals surface area contributed by atoms with Crippen molar-refractivity contribution in [3.8, 4) is 6.07 Å². The Kier molecular flexibility index (Phi) is 5.64. The molecule has 0 aliphatic rings. The minimum Gasteiger partial charge on any atom is -0.309 e. The lowest BCUT2D eigenvalue weighted by Gasteiger charge is -2.15. The van der Waals surface area contributed by atoms with Gasteiger partial charge >= 0.3 is 0 Å². The molecule has 0 radical (unpaired) electrons. The number of aromatic nitrogens is 3. The number of hydrogen-bond donors (Lipinski definition) is 0. The van der Waals surface area contributed by atoms with Gasteiger partial charge in [0.1, 0.15) is 17.4 Å². The molecule has 0 saturated heterocycles. The quantitative estimate of drug-likeness (QED) is 0.447. The molecule has 0 bridgehead atoms. The van der Waals surface area contributed by atoms with Gasteiger partial charge in [-0.15, -0.1) is 0 Å². The average Bonchev–Trinajstić information content (AvgIpc) is 2.76. The Labute approximate surface area is 188 Å². The number of carbonyl (C=O) groups is 1. The van der Waals surface area contributed by atoms with Gasteiger partial charge in [-0.25, -0.2) is 4.98 Å². The zero-order valence-corrected chi connectivity index (χ0v) is 18.6. The highest BCUT2D eigenvalue weighted by Gasteiger charge is 2.17. The first-order valence-electron chi connectivity index (χ1n) is 10.1. The molecule has 160 valence electrons. The fraction of sp³-hybridized carbons (Fsp3) is 0.208. The lowest BCUT2D eigenvalue weighted by Crippen LogP contribution is -2.31. The maximum Gasteiger partial charge on any atom is 0.280 e. The van der Waals surface area contributed by atoms with Gasteiger partial charge in [-0.3, -0.25) is 14.0 Å². The zero-order chi connectivity index (χ0) is 23.0. The Morgan fingerprint density at radius 2 is 1.97 bits per heavy atom. The predicted molar refractivity (Wildman–Crippen MR) is 123 cm³/mol. The van der Waals surface area contributed by atoms with Crippen molar-refractivity contribution in [2.75, 3.05) is 0 Å². The molecule has 0 spiro atoms. The Balaban J connectivity index is 2.15.